The fourth-order valence-corrected chi connectivity index (χ4v) is 1.26. The molecule has 0 atom stereocenters. The van der Waals surface area contributed by atoms with E-state index in [1.165, 1.54) is 0 Å². The van der Waals surface area contributed by atoms with Gasteiger partial charge in [-0.15, -0.1) is 0 Å². The van der Waals surface area contributed by atoms with E-state index in [1.807, 2.05) is 0 Å². The molecule has 84 valence electrons. The topological polar surface area (TPSA) is 74.6 Å². The summed E-state index contributed by atoms with van der Waals surface area (Å²) in [4.78, 5) is 20.3. The molecule has 0 spiro atoms. The third kappa shape index (κ3) is 16.2. The molecule has 0 aromatic rings. The molecule has 0 rings (SSSR count). The predicted molar refractivity (Wildman–Crippen MR) is 59.4 cm³/mol. The van der Waals surface area contributed by atoms with Crippen LogP contribution in [0.1, 0.15) is 51.4 Å². The number of carboxylic acid groups (broad SMARTS) is 2. The molecule has 0 aliphatic carbocycles. The Balaban J connectivity index is 0. The van der Waals surface area contributed by atoms with Crippen molar-refractivity contribution in [2.45, 2.75) is 51.4 Å². The summed E-state index contributed by atoms with van der Waals surface area (Å²) >= 11 is 0. The molecule has 0 aromatic carbocycles. The molecular formula is C10H19LiO4. The Kier molecular flexibility index (Phi) is 13.1. The van der Waals surface area contributed by atoms with Crippen LogP contribution >= 0.6 is 0 Å². The summed E-state index contributed by atoms with van der Waals surface area (Å²) in [5.74, 6) is -1.48. The molecule has 2 N–H and O–H groups in total. The van der Waals surface area contributed by atoms with Gasteiger partial charge in [-0.25, -0.2) is 0 Å². The number of hydrogen-bond acceptors (Lipinski definition) is 2. The first-order valence-electron chi connectivity index (χ1n) is 5.06. The van der Waals surface area contributed by atoms with Gasteiger partial charge in [-0.05, 0) is 12.8 Å². The summed E-state index contributed by atoms with van der Waals surface area (Å²) in [6.07, 6.45) is 5.82. The molecule has 0 saturated carbocycles. The van der Waals surface area contributed by atoms with E-state index in [1.54, 1.807) is 0 Å². The van der Waals surface area contributed by atoms with E-state index >= 15 is 0 Å². The molecule has 0 aromatic heterocycles. The third-order valence-electron chi connectivity index (χ3n) is 2.03. The summed E-state index contributed by atoms with van der Waals surface area (Å²) in [6, 6.07) is 0. The number of unbranched alkanes of at least 4 members (excludes halogenated alkanes) is 5. The first-order chi connectivity index (χ1) is 6.63. The zero-order chi connectivity index (χ0) is 10.8. The van der Waals surface area contributed by atoms with Crippen molar-refractivity contribution in [1.82, 2.24) is 0 Å². The van der Waals surface area contributed by atoms with Crippen LogP contribution in [0.4, 0.5) is 0 Å². The number of carbonyl (C=O) groups is 2. The van der Waals surface area contributed by atoms with Crippen molar-refractivity contribution < 1.29 is 19.8 Å². The predicted octanol–water partition coefficient (Wildman–Crippen LogP) is 1.63. The number of aliphatic carboxylic acids is 2. The van der Waals surface area contributed by atoms with Gasteiger partial charge in [-0.2, -0.15) is 0 Å². The van der Waals surface area contributed by atoms with Crippen molar-refractivity contribution in [3.63, 3.8) is 0 Å². The van der Waals surface area contributed by atoms with Gasteiger partial charge in [-0.3, -0.25) is 9.59 Å². The quantitative estimate of drug-likeness (QED) is 0.448. The van der Waals surface area contributed by atoms with Gasteiger partial charge in [0, 0.05) is 12.8 Å². The Morgan fingerprint density at radius 2 is 0.933 bits per heavy atom. The number of hydrogen-bond donors (Lipinski definition) is 2. The monoisotopic (exact) mass is 210 g/mol. The molecule has 0 unspecified atom stereocenters. The first kappa shape index (κ1) is 16.9. The molecule has 0 saturated heterocycles. The molecule has 0 aliphatic heterocycles. The van der Waals surface area contributed by atoms with Crippen molar-refractivity contribution in [2.75, 3.05) is 0 Å². The zero-order valence-electron chi connectivity index (χ0n) is 8.37. The van der Waals surface area contributed by atoms with E-state index in [4.69, 9.17) is 10.2 Å². The number of carboxylic acids is 2. The van der Waals surface area contributed by atoms with Gasteiger partial charge in [0.05, 0.1) is 0 Å². The SMILES string of the molecule is O=C(O)CCCCCCCCC(=O)O.[LiH]. The summed E-state index contributed by atoms with van der Waals surface area (Å²) < 4.78 is 0. The maximum absolute atomic E-state index is 10.1. The van der Waals surface area contributed by atoms with Crippen LogP contribution in [0.25, 0.3) is 0 Å². The van der Waals surface area contributed by atoms with Crippen LogP contribution in [-0.2, 0) is 9.59 Å². The summed E-state index contributed by atoms with van der Waals surface area (Å²) in [5.41, 5.74) is 0. The second kappa shape index (κ2) is 11.6. The number of rotatable bonds is 9. The van der Waals surface area contributed by atoms with E-state index < -0.39 is 11.9 Å². The van der Waals surface area contributed by atoms with Crippen LogP contribution in [0.5, 0.6) is 0 Å². The van der Waals surface area contributed by atoms with Crippen molar-refractivity contribution in [3.8, 4) is 0 Å². The molecule has 0 heterocycles. The molecule has 5 heteroatoms. The van der Waals surface area contributed by atoms with Gasteiger partial charge >= 0.3 is 30.8 Å². The molecular weight excluding hydrogens is 191 g/mol. The standard InChI is InChI=1S/C10H18O4.Li.H/c11-9(12)7-5-3-1-2-4-6-8-10(13)14;;/h1-8H2,(H,11,12)(H,13,14);;. The molecule has 0 amide bonds. The van der Waals surface area contributed by atoms with Crippen LogP contribution in [0, 0.1) is 0 Å². The van der Waals surface area contributed by atoms with Crippen molar-refractivity contribution in [3.05, 3.63) is 0 Å². The molecule has 15 heavy (non-hydrogen) atoms. The van der Waals surface area contributed by atoms with E-state index in [0.29, 0.717) is 0 Å². The fraction of sp³-hybridized carbons (Fsp3) is 0.800. The average Bonchev–Trinajstić information content (AvgIpc) is 2.08. The minimum absolute atomic E-state index is 0. The minimum atomic E-state index is -0.740. The summed E-state index contributed by atoms with van der Waals surface area (Å²) in [6.45, 7) is 0. The molecule has 0 aliphatic rings. The van der Waals surface area contributed by atoms with Crippen LogP contribution in [0.2, 0.25) is 0 Å². The second-order valence-corrected chi connectivity index (χ2v) is 3.41. The van der Waals surface area contributed by atoms with Crippen molar-refractivity contribution >= 4 is 30.8 Å². The van der Waals surface area contributed by atoms with Gasteiger partial charge in [0.2, 0.25) is 0 Å². The second-order valence-electron chi connectivity index (χ2n) is 3.41. The van der Waals surface area contributed by atoms with Crippen LogP contribution in [0.15, 0.2) is 0 Å². The van der Waals surface area contributed by atoms with Gasteiger partial charge < -0.3 is 10.2 Å². The van der Waals surface area contributed by atoms with E-state index in [0.717, 1.165) is 38.5 Å². The average molecular weight is 210 g/mol. The van der Waals surface area contributed by atoms with Crippen LogP contribution < -0.4 is 0 Å². The van der Waals surface area contributed by atoms with Crippen molar-refractivity contribution in [2.24, 2.45) is 0 Å². The van der Waals surface area contributed by atoms with Gasteiger partial charge in [-0.1, -0.05) is 25.7 Å². The Labute approximate surface area is 102 Å². The Hall–Kier alpha value is -0.463. The van der Waals surface area contributed by atoms with Gasteiger partial charge in [0.25, 0.3) is 0 Å². The van der Waals surface area contributed by atoms with E-state index in [9.17, 15) is 9.59 Å². The Bertz CT molecular complexity index is 162. The first-order valence-corrected chi connectivity index (χ1v) is 5.06. The molecule has 0 fully saturated rings. The molecule has 4 nitrogen and oxygen atoms in total. The normalized spacial score (nSPS) is 9.33. The van der Waals surface area contributed by atoms with Gasteiger partial charge in [0.15, 0.2) is 0 Å². The van der Waals surface area contributed by atoms with E-state index in [-0.39, 0.29) is 31.7 Å². The van der Waals surface area contributed by atoms with Crippen LogP contribution in [0.3, 0.4) is 0 Å². The summed E-state index contributed by atoms with van der Waals surface area (Å²) in [7, 11) is 0. The van der Waals surface area contributed by atoms with Gasteiger partial charge in [0.1, 0.15) is 0 Å². The van der Waals surface area contributed by atoms with Crippen molar-refractivity contribution in [1.29, 1.82) is 0 Å². The third-order valence-corrected chi connectivity index (χ3v) is 2.03. The van der Waals surface area contributed by atoms with E-state index in [2.05, 4.69) is 0 Å². The zero-order valence-corrected chi connectivity index (χ0v) is 8.37. The van der Waals surface area contributed by atoms with Crippen LogP contribution in [-0.4, -0.2) is 41.0 Å². The molecule has 0 bridgehead atoms. The Morgan fingerprint density at radius 3 is 1.20 bits per heavy atom. The molecule has 0 radical (unpaired) electrons. The maximum atomic E-state index is 10.1. The fourth-order valence-electron chi connectivity index (χ4n) is 1.26. The Morgan fingerprint density at radius 1 is 0.667 bits per heavy atom. The summed E-state index contributed by atoms with van der Waals surface area (Å²) in [5, 5.41) is 16.7.